The van der Waals surface area contributed by atoms with Gasteiger partial charge in [0.2, 0.25) is 0 Å². The fourth-order valence-electron chi connectivity index (χ4n) is 3.16. The van der Waals surface area contributed by atoms with Crippen molar-refractivity contribution in [2.45, 2.75) is 51.6 Å². The summed E-state index contributed by atoms with van der Waals surface area (Å²) >= 11 is 0. The smallest absolute Gasteiger partial charge is 0.0574 e. The molecule has 0 bridgehead atoms. The zero-order valence-electron chi connectivity index (χ0n) is 9.21. The maximum atomic E-state index is 9.99. The van der Waals surface area contributed by atoms with E-state index in [2.05, 4.69) is 13.5 Å². The first kappa shape index (κ1) is 10.2. The average Bonchev–Trinajstić information content (AvgIpc) is 2.30. The first-order valence-corrected chi connectivity index (χ1v) is 6.04. The molecule has 14 heavy (non-hydrogen) atoms. The maximum absolute atomic E-state index is 9.99. The molecule has 4 unspecified atom stereocenters. The molecule has 1 heteroatoms. The molecule has 2 aliphatic carbocycles. The van der Waals surface area contributed by atoms with Gasteiger partial charge in [-0.3, -0.25) is 0 Å². The molecule has 0 aromatic rings. The number of hydrogen-bond acceptors (Lipinski definition) is 1. The molecule has 0 amide bonds. The largest absolute Gasteiger partial charge is 0.393 e. The Kier molecular flexibility index (Phi) is 2.96. The Labute approximate surface area is 87.2 Å². The predicted molar refractivity (Wildman–Crippen MR) is 59.0 cm³/mol. The van der Waals surface area contributed by atoms with Crippen LogP contribution in [0.1, 0.15) is 45.4 Å². The van der Waals surface area contributed by atoms with Crippen molar-refractivity contribution in [3.05, 3.63) is 12.2 Å². The van der Waals surface area contributed by atoms with E-state index < -0.39 is 0 Å². The number of allylic oxidation sites excluding steroid dienone is 1. The first-order valence-electron chi connectivity index (χ1n) is 6.04. The fraction of sp³-hybridized carbons (Fsp3) is 0.846. The zero-order chi connectivity index (χ0) is 10.1. The van der Waals surface area contributed by atoms with Crippen LogP contribution >= 0.6 is 0 Å². The van der Waals surface area contributed by atoms with E-state index in [4.69, 9.17) is 0 Å². The average molecular weight is 194 g/mol. The molecule has 2 fully saturated rings. The fourth-order valence-corrected chi connectivity index (χ4v) is 3.16. The summed E-state index contributed by atoms with van der Waals surface area (Å²) in [5.74, 6) is 1.98. The molecule has 2 aliphatic rings. The number of aliphatic hydroxyl groups excluding tert-OH is 1. The Hall–Kier alpha value is -0.300. The van der Waals surface area contributed by atoms with E-state index in [1.165, 1.54) is 31.3 Å². The molecule has 0 spiro atoms. The number of aliphatic hydroxyl groups is 1. The minimum Gasteiger partial charge on any atom is -0.393 e. The van der Waals surface area contributed by atoms with Gasteiger partial charge in [0.05, 0.1) is 6.10 Å². The molecule has 2 saturated carbocycles. The molecule has 0 heterocycles. The summed E-state index contributed by atoms with van der Waals surface area (Å²) in [4.78, 5) is 0. The minimum atomic E-state index is -0.0456. The zero-order valence-corrected chi connectivity index (χ0v) is 9.21. The third kappa shape index (κ3) is 1.88. The standard InChI is InChI=1S/C13H22O/c1-9-6-7-11-4-3-5-13(14)12(11)8-10(9)2/h9,11-14H,2-8H2,1H3. The van der Waals surface area contributed by atoms with Crippen molar-refractivity contribution in [1.82, 2.24) is 0 Å². The van der Waals surface area contributed by atoms with Crippen LogP contribution in [-0.4, -0.2) is 11.2 Å². The quantitative estimate of drug-likeness (QED) is 0.587. The normalized spacial score (nSPS) is 44.3. The van der Waals surface area contributed by atoms with E-state index in [1.807, 2.05) is 0 Å². The van der Waals surface area contributed by atoms with Crippen LogP contribution in [0.2, 0.25) is 0 Å². The number of rotatable bonds is 0. The Bertz CT molecular complexity index is 221. The van der Waals surface area contributed by atoms with Gasteiger partial charge in [-0.1, -0.05) is 25.5 Å². The summed E-state index contributed by atoms with van der Waals surface area (Å²) in [7, 11) is 0. The first-order chi connectivity index (χ1) is 6.68. The van der Waals surface area contributed by atoms with Gasteiger partial charge in [0.15, 0.2) is 0 Å². The van der Waals surface area contributed by atoms with Gasteiger partial charge >= 0.3 is 0 Å². The molecule has 2 rings (SSSR count). The maximum Gasteiger partial charge on any atom is 0.0574 e. The van der Waals surface area contributed by atoms with E-state index >= 15 is 0 Å². The predicted octanol–water partition coefficient (Wildman–Crippen LogP) is 3.14. The summed E-state index contributed by atoms with van der Waals surface area (Å²) in [6.45, 7) is 6.45. The van der Waals surface area contributed by atoms with Gasteiger partial charge < -0.3 is 5.11 Å². The van der Waals surface area contributed by atoms with Crippen LogP contribution < -0.4 is 0 Å². The molecule has 0 saturated heterocycles. The minimum absolute atomic E-state index is 0.0456. The van der Waals surface area contributed by atoms with Crippen molar-refractivity contribution < 1.29 is 5.11 Å². The molecule has 0 aliphatic heterocycles. The molecule has 1 nitrogen and oxygen atoms in total. The van der Waals surface area contributed by atoms with Gasteiger partial charge in [0.25, 0.3) is 0 Å². The third-order valence-electron chi connectivity index (χ3n) is 4.34. The van der Waals surface area contributed by atoms with Crippen molar-refractivity contribution in [2.24, 2.45) is 17.8 Å². The van der Waals surface area contributed by atoms with Gasteiger partial charge in [-0.25, -0.2) is 0 Å². The van der Waals surface area contributed by atoms with Crippen LogP contribution in [0.15, 0.2) is 12.2 Å². The highest BCUT2D eigenvalue weighted by molar-refractivity contribution is 5.05. The van der Waals surface area contributed by atoms with Gasteiger partial charge in [0, 0.05) is 0 Å². The van der Waals surface area contributed by atoms with E-state index in [0.717, 1.165) is 18.8 Å². The second kappa shape index (κ2) is 4.06. The molecule has 1 N–H and O–H groups in total. The topological polar surface area (TPSA) is 20.2 Å². The van der Waals surface area contributed by atoms with Crippen molar-refractivity contribution in [3.63, 3.8) is 0 Å². The van der Waals surface area contributed by atoms with Crippen molar-refractivity contribution in [1.29, 1.82) is 0 Å². The van der Waals surface area contributed by atoms with Crippen molar-refractivity contribution in [2.75, 3.05) is 0 Å². The summed E-state index contributed by atoms with van der Waals surface area (Å²) in [6.07, 6.45) is 7.20. The molecule has 0 radical (unpaired) electrons. The van der Waals surface area contributed by atoms with E-state index in [9.17, 15) is 5.11 Å². The van der Waals surface area contributed by atoms with Crippen LogP contribution in [-0.2, 0) is 0 Å². The SMILES string of the molecule is C=C1CC2C(O)CCCC2CCC1C. The lowest BCUT2D eigenvalue weighted by atomic mass is 9.74. The third-order valence-corrected chi connectivity index (χ3v) is 4.34. The number of hydrogen-bond donors (Lipinski definition) is 1. The Balaban J connectivity index is 2.10. The lowest BCUT2D eigenvalue weighted by molar-refractivity contribution is 0.0327. The molecule has 0 aromatic heterocycles. The van der Waals surface area contributed by atoms with Crippen LogP contribution in [0.25, 0.3) is 0 Å². The molecule has 4 atom stereocenters. The summed E-state index contributed by atoms with van der Waals surface area (Å²) in [6, 6.07) is 0. The molecule has 80 valence electrons. The highest BCUT2D eigenvalue weighted by Gasteiger charge is 2.34. The van der Waals surface area contributed by atoms with Crippen molar-refractivity contribution in [3.8, 4) is 0 Å². The lowest BCUT2D eigenvalue weighted by Gasteiger charge is -2.34. The van der Waals surface area contributed by atoms with Gasteiger partial charge in [0.1, 0.15) is 0 Å². The van der Waals surface area contributed by atoms with E-state index in [-0.39, 0.29) is 6.10 Å². The van der Waals surface area contributed by atoms with Gasteiger partial charge in [-0.15, -0.1) is 0 Å². The summed E-state index contributed by atoms with van der Waals surface area (Å²) in [5.41, 5.74) is 1.37. The highest BCUT2D eigenvalue weighted by Crippen LogP contribution is 2.42. The Morgan fingerprint density at radius 1 is 1.21 bits per heavy atom. The monoisotopic (exact) mass is 194 g/mol. The van der Waals surface area contributed by atoms with E-state index in [0.29, 0.717) is 11.8 Å². The lowest BCUT2D eigenvalue weighted by Crippen LogP contribution is -2.31. The molecular weight excluding hydrogens is 172 g/mol. The van der Waals surface area contributed by atoms with Crippen molar-refractivity contribution >= 4 is 0 Å². The summed E-state index contributed by atoms with van der Waals surface area (Å²) in [5, 5.41) is 9.99. The van der Waals surface area contributed by atoms with Gasteiger partial charge in [-0.05, 0) is 49.9 Å². The second-order valence-corrected chi connectivity index (χ2v) is 5.26. The Morgan fingerprint density at radius 3 is 2.79 bits per heavy atom. The van der Waals surface area contributed by atoms with Crippen LogP contribution in [0.5, 0.6) is 0 Å². The Morgan fingerprint density at radius 2 is 2.00 bits per heavy atom. The van der Waals surface area contributed by atoms with Crippen LogP contribution in [0.3, 0.4) is 0 Å². The molecule has 0 aromatic carbocycles. The number of fused-ring (bicyclic) bond motifs is 1. The summed E-state index contributed by atoms with van der Waals surface area (Å²) < 4.78 is 0. The van der Waals surface area contributed by atoms with Crippen LogP contribution in [0.4, 0.5) is 0 Å². The molecular formula is C13H22O. The second-order valence-electron chi connectivity index (χ2n) is 5.26. The van der Waals surface area contributed by atoms with Gasteiger partial charge in [-0.2, -0.15) is 0 Å². The highest BCUT2D eigenvalue weighted by atomic mass is 16.3. The van der Waals surface area contributed by atoms with Crippen LogP contribution in [0, 0.1) is 17.8 Å². The van der Waals surface area contributed by atoms with E-state index in [1.54, 1.807) is 0 Å².